The summed E-state index contributed by atoms with van der Waals surface area (Å²) in [5.74, 6) is 0. The number of aryl methyl sites for hydroxylation is 1. The predicted molar refractivity (Wildman–Crippen MR) is 145 cm³/mol. The third-order valence-corrected chi connectivity index (χ3v) is 11.0. The summed E-state index contributed by atoms with van der Waals surface area (Å²) in [6.07, 6.45) is 7.43. The number of halogens is 4. The summed E-state index contributed by atoms with van der Waals surface area (Å²) in [5.41, 5.74) is 1.86. The van der Waals surface area contributed by atoms with Crippen LogP contribution in [0.25, 0.3) is 6.08 Å². The molecule has 2 aromatic rings. The van der Waals surface area contributed by atoms with E-state index in [2.05, 4.69) is 49.9 Å². The van der Waals surface area contributed by atoms with E-state index in [1.54, 1.807) is 12.1 Å². The number of hydrogen-bond acceptors (Lipinski definition) is 4. The topological polar surface area (TPSA) is 55.2 Å². The Morgan fingerprint density at radius 2 is 1.55 bits per heavy atom. The molecular formula is C24H34Cl4N2O2Si. The molecule has 33 heavy (non-hydrogen) atoms. The van der Waals surface area contributed by atoms with E-state index in [0.717, 1.165) is 43.4 Å². The summed E-state index contributed by atoms with van der Waals surface area (Å²) in [7, 11) is -1.64. The number of pyridine rings is 2. The van der Waals surface area contributed by atoms with Gasteiger partial charge in [0.25, 0.3) is 0 Å². The summed E-state index contributed by atoms with van der Waals surface area (Å²) in [6.45, 7) is 12.2. The van der Waals surface area contributed by atoms with E-state index in [0.29, 0.717) is 20.6 Å². The fourth-order valence-corrected chi connectivity index (χ4v) is 4.32. The van der Waals surface area contributed by atoms with Gasteiger partial charge in [-0.3, -0.25) is 0 Å². The number of unbranched alkanes of at least 4 members (excludes halogenated alkanes) is 1. The van der Waals surface area contributed by atoms with Gasteiger partial charge in [-0.05, 0) is 67.6 Å². The van der Waals surface area contributed by atoms with E-state index in [1.165, 1.54) is 0 Å². The van der Waals surface area contributed by atoms with Crippen LogP contribution < -0.4 is 0 Å². The maximum Gasteiger partial charge on any atom is 0.191 e. The van der Waals surface area contributed by atoms with Gasteiger partial charge in [-0.15, -0.1) is 0 Å². The van der Waals surface area contributed by atoms with Crippen molar-refractivity contribution >= 4 is 60.8 Å². The lowest BCUT2D eigenvalue weighted by Gasteiger charge is -2.36. The van der Waals surface area contributed by atoms with Crippen molar-refractivity contribution < 1.29 is 9.53 Å². The first-order chi connectivity index (χ1) is 15.4. The highest BCUT2D eigenvalue weighted by atomic mass is 35.5. The molecule has 4 nitrogen and oxygen atoms in total. The van der Waals surface area contributed by atoms with Gasteiger partial charge in [-0.1, -0.05) is 85.4 Å². The van der Waals surface area contributed by atoms with E-state index in [-0.39, 0.29) is 11.6 Å². The fraction of sp³-hybridized carbons (Fsp3) is 0.500. The first kappa shape index (κ1) is 30.4. The van der Waals surface area contributed by atoms with Crippen LogP contribution in [0.2, 0.25) is 38.7 Å². The summed E-state index contributed by atoms with van der Waals surface area (Å²) >= 11 is 23.3. The van der Waals surface area contributed by atoms with Crippen molar-refractivity contribution in [2.24, 2.45) is 0 Å². The van der Waals surface area contributed by atoms with Gasteiger partial charge >= 0.3 is 0 Å². The minimum atomic E-state index is -1.64. The zero-order valence-corrected chi connectivity index (χ0v) is 24.0. The molecule has 0 aliphatic heterocycles. The minimum Gasteiger partial charge on any atom is -0.417 e. The monoisotopic (exact) mass is 550 g/mol. The second-order valence-corrected chi connectivity index (χ2v) is 15.4. The van der Waals surface area contributed by atoms with Gasteiger partial charge in [0.2, 0.25) is 0 Å². The van der Waals surface area contributed by atoms with Gasteiger partial charge in [0, 0.05) is 18.8 Å². The summed E-state index contributed by atoms with van der Waals surface area (Å²) in [6, 6.07) is 7.19. The summed E-state index contributed by atoms with van der Waals surface area (Å²) in [4.78, 5) is 7.92. The standard InChI is InChI=1S/C15H23Cl2NOSi.C9H11Cl2NO/c1-15(2,3)20(4,5)19-11-7-6-8-12-9-10-13(16)18-14(12)17;10-8-5-4-7(9(11)12-8)3-1-2-6-13/h6,8-10H,7,11H2,1-5H3;4-5,13H,1-3,6H2/b8-6+;. The van der Waals surface area contributed by atoms with Crippen LogP contribution in [-0.4, -0.2) is 36.6 Å². The summed E-state index contributed by atoms with van der Waals surface area (Å²) in [5, 5.41) is 10.6. The molecule has 2 aromatic heterocycles. The highest BCUT2D eigenvalue weighted by molar-refractivity contribution is 6.74. The van der Waals surface area contributed by atoms with Crippen molar-refractivity contribution in [3.05, 3.63) is 62.1 Å². The van der Waals surface area contributed by atoms with Gasteiger partial charge in [0.15, 0.2) is 8.32 Å². The van der Waals surface area contributed by atoms with Gasteiger partial charge in [-0.2, -0.15) is 0 Å². The molecule has 9 heteroatoms. The Bertz CT molecular complexity index is 903. The molecule has 0 saturated heterocycles. The van der Waals surface area contributed by atoms with Crippen LogP contribution in [0.5, 0.6) is 0 Å². The molecule has 2 rings (SSSR count). The molecule has 0 bridgehead atoms. The van der Waals surface area contributed by atoms with Crippen LogP contribution in [0.15, 0.2) is 30.3 Å². The first-order valence-electron chi connectivity index (χ1n) is 10.9. The van der Waals surface area contributed by atoms with Crippen molar-refractivity contribution in [1.82, 2.24) is 9.97 Å². The van der Waals surface area contributed by atoms with Crippen LogP contribution in [0.3, 0.4) is 0 Å². The number of nitrogens with zero attached hydrogens (tertiary/aromatic N) is 2. The van der Waals surface area contributed by atoms with Crippen LogP contribution in [-0.2, 0) is 10.8 Å². The third-order valence-electron chi connectivity index (χ3n) is 5.44. The Morgan fingerprint density at radius 1 is 0.939 bits per heavy atom. The van der Waals surface area contributed by atoms with Gasteiger partial charge in [-0.25, -0.2) is 9.97 Å². The number of rotatable bonds is 9. The quantitative estimate of drug-likeness (QED) is 0.193. The van der Waals surface area contributed by atoms with Crippen molar-refractivity contribution in [3.8, 4) is 0 Å². The lowest BCUT2D eigenvalue weighted by molar-refractivity contribution is 0.284. The Morgan fingerprint density at radius 3 is 2.09 bits per heavy atom. The predicted octanol–water partition coefficient (Wildman–Crippen LogP) is 8.52. The number of aliphatic hydroxyl groups is 1. The number of hydrogen-bond donors (Lipinski definition) is 1. The molecule has 1 N–H and O–H groups in total. The normalized spacial score (nSPS) is 12.1. The SMILES string of the molecule is CC(C)(C)[Si](C)(C)OCC/C=C/c1ccc(Cl)nc1Cl.OCCCCc1ccc(Cl)nc1Cl. The van der Waals surface area contributed by atoms with Crippen molar-refractivity contribution in [3.63, 3.8) is 0 Å². The van der Waals surface area contributed by atoms with E-state index in [1.807, 2.05) is 18.2 Å². The third kappa shape index (κ3) is 11.5. The Hall–Kier alpha value is -0.663. The van der Waals surface area contributed by atoms with E-state index < -0.39 is 8.32 Å². The van der Waals surface area contributed by atoms with Gasteiger partial charge < -0.3 is 9.53 Å². The maximum absolute atomic E-state index is 8.59. The summed E-state index contributed by atoms with van der Waals surface area (Å²) < 4.78 is 6.10. The second kappa shape index (κ2) is 14.7. The molecule has 0 atom stereocenters. The highest BCUT2D eigenvalue weighted by Gasteiger charge is 2.36. The Labute approximate surface area is 219 Å². The van der Waals surface area contributed by atoms with Crippen molar-refractivity contribution in [1.29, 1.82) is 0 Å². The Kier molecular flexibility index (Phi) is 13.5. The molecule has 0 radical (unpaired) electrons. The van der Waals surface area contributed by atoms with Crippen molar-refractivity contribution in [2.45, 2.75) is 64.6 Å². The molecule has 0 spiro atoms. The Balaban J connectivity index is 0.000000361. The second-order valence-electron chi connectivity index (χ2n) is 9.08. The molecule has 0 fully saturated rings. The lowest BCUT2D eigenvalue weighted by atomic mass is 10.1. The molecule has 0 unspecified atom stereocenters. The van der Waals surface area contributed by atoms with Crippen LogP contribution in [0, 0.1) is 0 Å². The van der Waals surface area contributed by atoms with Crippen LogP contribution in [0.4, 0.5) is 0 Å². The van der Waals surface area contributed by atoms with Crippen LogP contribution in [0.1, 0.15) is 51.2 Å². The molecular weight excluding hydrogens is 518 g/mol. The molecule has 0 saturated carbocycles. The smallest absolute Gasteiger partial charge is 0.191 e. The van der Waals surface area contributed by atoms with E-state index >= 15 is 0 Å². The molecule has 0 aliphatic rings. The number of aliphatic hydroxyl groups excluding tert-OH is 1. The molecule has 0 aromatic carbocycles. The zero-order valence-electron chi connectivity index (χ0n) is 20.0. The van der Waals surface area contributed by atoms with Crippen molar-refractivity contribution in [2.75, 3.05) is 13.2 Å². The van der Waals surface area contributed by atoms with Gasteiger partial charge in [0.1, 0.15) is 20.6 Å². The van der Waals surface area contributed by atoms with Crippen LogP contribution >= 0.6 is 46.4 Å². The molecule has 184 valence electrons. The first-order valence-corrected chi connectivity index (χ1v) is 15.3. The lowest BCUT2D eigenvalue weighted by Crippen LogP contribution is -2.40. The maximum atomic E-state index is 8.59. The number of aromatic nitrogens is 2. The molecule has 0 aliphatic carbocycles. The largest absolute Gasteiger partial charge is 0.417 e. The molecule has 2 heterocycles. The minimum absolute atomic E-state index is 0.221. The van der Waals surface area contributed by atoms with E-state index in [4.69, 9.17) is 55.9 Å². The highest BCUT2D eigenvalue weighted by Crippen LogP contribution is 2.36. The van der Waals surface area contributed by atoms with E-state index in [9.17, 15) is 0 Å². The fourth-order valence-electron chi connectivity index (χ4n) is 2.41. The zero-order chi connectivity index (χ0) is 25.1. The molecule has 0 amide bonds. The van der Waals surface area contributed by atoms with Gasteiger partial charge in [0.05, 0.1) is 0 Å². The average Bonchev–Trinajstić information content (AvgIpc) is 2.70. The average molecular weight is 552 g/mol.